The molecule has 2 rings (SSSR count). The number of nitrogens with two attached hydrogens (primary N) is 1. The van der Waals surface area contributed by atoms with E-state index in [-0.39, 0.29) is 22.8 Å². The lowest BCUT2D eigenvalue weighted by molar-refractivity contribution is -0.383. The summed E-state index contributed by atoms with van der Waals surface area (Å²) in [4.78, 5) is 25.5. The molecule has 0 unspecified atom stereocenters. The number of non-ortho nitro benzene ring substituents is 1. The number of nitrogens with zero attached hydrogens (tertiary/aromatic N) is 2. The molecule has 0 aliphatic carbocycles. The molecule has 1 aromatic heterocycles. The lowest BCUT2D eigenvalue weighted by Gasteiger charge is -2.20. The lowest BCUT2D eigenvalue weighted by atomic mass is 10.1. The smallest absolute Gasteiger partial charge is 0.298 e. The number of anilines is 1. The van der Waals surface area contributed by atoms with Gasteiger partial charge in [-0.15, -0.1) is 0 Å². The molecule has 0 spiro atoms. The van der Waals surface area contributed by atoms with Crippen LogP contribution in [-0.4, -0.2) is 21.4 Å². The van der Waals surface area contributed by atoms with Gasteiger partial charge in [0.25, 0.3) is 11.7 Å². The number of nitro groups is 1. The van der Waals surface area contributed by atoms with E-state index in [2.05, 4.69) is 10.3 Å². The number of hydrogen-bond acceptors (Lipinski definition) is 6. The first kappa shape index (κ1) is 12.8. The minimum atomic E-state index is -1.07. The normalized spacial score (nSPS) is 11.5. The minimum Gasteiger partial charge on any atom is -0.423 e. The summed E-state index contributed by atoms with van der Waals surface area (Å²) in [5, 5.41) is 13.5. The number of nitrogens with one attached hydrogen (secondary N) is 1. The maximum Gasteiger partial charge on any atom is 0.298 e. The van der Waals surface area contributed by atoms with E-state index < -0.39 is 16.4 Å². The van der Waals surface area contributed by atoms with Crippen LogP contribution >= 0.6 is 0 Å². The highest BCUT2D eigenvalue weighted by Gasteiger charge is 2.27. The van der Waals surface area contributed by atoms with Crippen LogP contribution in [0.4, 0.5) is 11.7 Å². The average Bonchev–Trinajstić information content (AvgIpc) is 2.69. The third kappa shape index (κ3) is 2.32. The Hall–Kier alpha value is -2.64. The van der Waals surface area contributed by atoms with Crippen LogP contribution in [0.5, 0.6) is 0 Å². The van der Waals surface area contributed by atoms with Crippen LogP contribution in [0.3, 0.4) is 0 Å². The van der Waals surface area contributed by atoms with E-state index in [1.165, 1.54) is 12.1 Å². The number of fused-ring (bicyclic) bond motifs is 1. The number of benzene rings is 1. The highest BCUT2D eigenvalue weighted by molar-refractivity contribution is 5.88. The lowest BCUT2D eigenvalue weighted by Crippen LogP contribution is -2.45. The highest BCUT2D eigenvalue weighted by atomic mass is 16.6. The highest BCUT2D eigenvalue weighted by Crippen LogP contribution is 2.28. The topological polar surface area (TPSA) is 124 Å². The first-order valence-corrected chi connectivity index (χ1v) is 5.43. The van der Waals surface area contributed by atoms with E-state index in [1.807, 2.05) is 0 Å². The van der Waals surface area contributed by atoms with Gasteiger partial charge in [0.2, 0.25) is 5.91 Å². The van der Waals surface area contributed by atoms with Crippen molar-refractivity contribution in [3.63, 3.8) is 0 Å². The van der Waals surface area contributed by atoms with Gasteiger partial charge in [0, 0.05) is 6.07 Å². The van der Waals surface area contributed by atoms with E-state index >= 15 is 0 Å². The Morgan fingerprint density at radius 3 is 2.79 bits per heavy atom. The third-order valence-electron chi connectivity index (χ3n) is 2.63. The van der Waals surface area contributed by atoms with E-state index in [9.17, 15) is 14.9 Å². The van der Waals surface area contributed by atoms with Crippen molar-refractivity contribution in [1.82, 2.24) is 4.98 Å². The molecule has 8 heteroatoms. The SMILES string of the molecule is CC(C)(Nc1nc2c([N+](=O)[O-])cccc2o1)C(N)=O. The largest absolute Gasteiger partial charge is 0.423 e. The molecule has 2 aromatic rings. The number of carbonyl (C=O) groups excluding carboxylic acids is 1. The molecular weight excluding hydrogens is 252 g/mol. The Balaban J connectivity index is 2.45. The number of rotatable bonds is 4. The molecule has 0 aliphatic heterocycles. The molecule has 0 atom stereocenters. The summed E-state index contributed by atoms with van der Waals surface area (Å²) in [5.74, 6) is -0.593. The molecular formula is C11H12N4O4. The Bertz CT molecular complexity index is 662. The number of nitro benzene ring substituents is 1. The monoisotopic (exact) mass is 264 g/mol. The van der Waals surface area contributed by atoms with E-state index in [0.717, 1.165) is 0 Å². The molecule has 1 heterocycles. The quantitative estimate of drug-likeness (QED) is 0.635. The third-order valence-corrected chi connectivity index (χ3v) is 2.63. The first-order chi connectivity index (χ1) is 8.81. The Morgan fingerprint density at radius 2 is 2.21 bits per heavy atom. The Morgan fingerprint density at radius 1 is 1.53 bits per heavy atom. The van der Waals surface area contributed by atoms with Crippen LogP contribution in [-0.2, 0) is 4.79 Å². The molecule has 3 N–H and O–H groups in total. The van der Waals surface area contributed by atoms with Gasteiger partial charge in [0.15, 0.2) is 11.1 Å². The van der Waals surface area contributed by atoms with Gasteiger partial charge in [-0.1, -0.05) is 6.07 Å². The van der Waals surface area contributed by atoms with Crippen molar-refractivity contribution in [1.29, 1.82) is 0 Å². The van der Waals surface area contributed by atoms with Gasteiger partial charge in [-0.25, -0.2) is 0 Å². The van der Waals surface area contributed by atoms with E-state index in [0.29, 0.717) is 0 Å². The second-order valence-corrected chi connectivity index (χ2v) is 4.51. The maximum atomic E-state index is 11.2. The standard InChI is InChI=1S/C11H12N4O4/c1-11(2,9(12)16)14-10-13-8-6(15(17)18)4-3-5-7(8)19-10/h3-5H,1-2H3,(H2,12,16)(H,13,14). The van der Waals surface area contributed by atoms with Crippen LogP contribution in [0.25, 0.3) is 11.1 Å². The van der Waals surface area contributed by atoms with Crippen LogP contribution in [0, 0.1) is 10.1 Å². The van der Waals surface area contributed by atoms with Gasteiger partial charge >= 0.3 is 0 Å². The van der Waals surface area contributed by atoms with Crippen molar-refractivity contribution >= 4 is 28.7 Å². The number of amides is 1. The van der Waals surface area contributed by atoms with Gasteiger partial charge in [-0.2, -0.15) is 4.98 Å². The van der Waals surface area contributed by atoms with Gasteiger partial charge in [-0.05, 0) is 19.9 Å². The Labute approximate surface area is 107 Å². The van der Waals surface area contributed by atoms with Crippen molar-refractivity contribution in [2.75, 3.05) is 5.32 Å². The number of hydrogen-bond donors (Lipinski definition) is 2. The number of oxazole rings is 1. The summed E-state index contributed by atoms with van der Waals surface area (Å²) in [7, 11) is 0. The fourth-order valence-electron chi connectivity index (χ4n) is 1.46. The summed E-state index contributed by atoms with van der Waals surface area (Å²) in [6.45, 7) is 3.11. The molecule has 8 nitrogen and oxygen atoms in total. The zero-order valence-corrected chi connectivity index (χ0v) is 10.3. The van der Waals surface area contributed by atoms with Crippen LogP contribution in [0.1, 0.15) is 13.8 Å². The second-order valence-electron chi connectivity index (χ2n) is 4.51. The summed E-state index contributed by atoms with van der Waals surface area (Å²) < 4.78 is 5.31. The van der Waals surface area contributed by atoms with Crippen molar-refractivity contribution in [2.24, 2.45) is 5.73 Å². The molecule has 1 amide bonds. The van der Waals surface area contributed by atoms with Crippen molar-refractivity contribution < 1.29 is 14.1 Å². The second kappa shape index (κ2) is 4.23. The molecule has 0 saturated carbocycles. The molecule has 0 saturated heterocycles. The Kier molecular flexibility index (Phi) is 2.85. The summed E-state index contributed by atoms with van der Waals surface area (Å²) in [6, 6.07) is 4.38. The summed E-state index contributed by atoms with van der Waals surface area (Å²) >= 11 is 0. The van der Waals surface area contributed by atoms with Gasteiger partial charge in [-0.3, -0.25) is 14.9 Å². The predicted molar refractivity (Wildman–Crippen MR) is 67.6 cm³/mol. The number of carbonyl (C=O) groups is 1. The van der Waals surface area contributed by atoms with Crippen LogP contribution < -0.4 is 11.1 Å². The number of aromatic nitrogens is 1. The zero-order valence-electron chi connectivity index (χ0n) is 10.3. The van der Waals surface area contributed by atoms with E-state index in [1.54, 1.807) is 19.9 Å². The number of para-hydroxylation sites is 1. The average molecular weight is 264 g/mol. The van der Waals surface area contributed by atoms with Crippen LogP contribution in [0.2, 0.25) is 0 Å². The molecule has 0 aliphatic rings. The molecule has 0 fully saturated rings. The van der Waals surface area contributed by atoms with Crippen LogP contribution in [0.15, 0.2) is 22.6 Å². The number of primary amides is 1. The maximum absolute atomic E-state index is 11.2. The van der Waals surface area contributed by atoms with E-state index in [4.69, 9.17) is 10.2 Å². The first-order valence-electron chi connectivity index (χ1n) is 5.43. The fraction of sp³-hybridized carbons (Fsp3) is 0.273. The zero-order chi connectivity index (χ0) is 14.2. The van der Waals surface area contributed by atoms with Gasteiger partial charge < -0.3 is 15.5 Å². The van der Waals surface area contributed by atoms with Gasteiger partial charge in [0.1, 0.15) is 5.54 Å². The predicted octanol–water partition coefficient (Wildman–Crippen LogP) is 1.41. The van der Waals surface area contributed by atoms with Crippen molar-refractivity contribution in [3.8, 4) is 0 Å². The summed E-state index contributed by atoms with van der Waals surface area (Å²) in [6.07, 6.45) is 0. The van der Waals surface area contributed by atoms with Crippen molar-refractivity contribution in [2.45, 2.75) is 19.4 Å². The minimum absolute atomic E-state index is 0.00750. The molecule has 0 bridgehead atoms. The molecule has 1 aromatic carbocycles. The molecule has 0 radical (unpaired) electrons. The fourth-order valence-corrected chi connectivity index (χ4v) is 1.46. The summed E-state index contributed by atoms with van der Waals surface area (Å²) in [5.41, 5.74) is 4.36. The van der Waals surface area contributed by atoms with Gasteiger partial charge in [0.05, 0.1) is 4.92 Å². The molecule has 19 heavy (non-hydrogen) atoms. The molecule has 100 valence electrons. The van der Waals surface area contributed by atoms with Crippen molar-refractivity contribution in [3.05, 3.63) is 28.3 Å².